The van der Waals surface area contributed by atoms with Crippen molar-refractivity contribution in [3.63, 3.8) is 0 Å². The van der Waals surface area contributed by atoms with Crippen LogP contribution in [0.5, 0.6) is 0 Å². The summed E-state index contributed by atoms with van der Waals surface area (Å²) in [6.07, 6.45) is -0.554. The van der Waals surface area contributed by atoms with Crippen molar-refractivity contribution in [2.45, 2.75) is 39.5 Å². The number of carbonyl (C=O) groups excluding carboxylic acids is 4. The lowest BCUT2D eigenvalue weighted by molar-refractivity contribution is -0.131. The van der Waals surface area contributed by atoms with Gasteiger partial charge in [0, 0.05) is 18.8 Å². The number of nitrogens with one attached hydrogen (secondary N) is 4. The molecule has 1 rings (SSSR count). The number of hydrogen-bond donors (Lipinski definition) is 5. The van der Waals surface area contributed by atoms with Gasteiger partial charge in [-0.3, -0.25) is 14.4 Å². The number of anilines is 1. The Morgan fingerprint density at radius 2 is 1.68 bits per heavy atom. The molecule has 0 aliphatic heterocycles. The zero-order valence-electron chi connectivity index (χ0n) is 17.9. The molecule has 31 heavy (non-hydrogen) atoms. The molecule has 172 valence electrons. The third-order valence-electron chi connectivity index (χ3n) is 4.14. The van der Waals surface area contributed by atoms with Gasteiger partial charge in [-0.15, -0.1) is 0 Å². The summed E-state index contributed by atoms with van der Waals surface area (Å²) in [5, 5.41) is 10.5. The van der Waals surface area contributed by atoms with E-state index in [9.17, 15) is 19.2 Å². The number of halogens is 1. The fraction of sp³-hybridized carbons (Fsp3) is 0.500. The first-order valence-corrected chi connectivity index (χ1v) is 11.4. The van der Waals surface area contributed by atoms with Gasteiger partial charge in [0.2, 0.25) is 17.7 Å². The molecule has 0 fully saturated rings. The molecule has 1 aromatic rings. The van der Waals surface area contributed by atoms with E-state index in [0.29, 0.717) is 18.8 Å². The molecule has 6 N–H and O–H groups in total. The van der Waals surface area contributed by atoms with Gasteiger partial charge in [-0.25, -0.2) is 4.79 Å². The van der Waals surface area contributed by atoms with E-state index in [-0.39, 0.29) is 22.9 Å². The molecule has 0 spiro atoms. The normalized spacial score (nSPS) is 12.5. The standard InChI is InChI=1S/C20H30IN5O5/c1-12(2)17(26-16(27)10-21)19(29)24-13(3)18(28)25-15-6-4-14(5-7-15)11-31-20(30)23-9-8-22/h4-7,12-13,17H,8-11,22H2,1-3H3,(H,23,30)(H,24,29)(H,25,28)(H,26,27)/t13-,17-/m0/s1. The van der Waals surface area contributed by atoms with Gasteiger partial charge in [0.15, 0.2) is 0 Å². The minimum Gasteiger partial charge on any atom is -0.445 e. The van der Waals surface area contributed by atoms with E-state index in [4.69, 9.17) is 10.5 Å². The molecule has 0 unspecified atom stereocenters. The van der Waals surface area contributed by atoms with Crippen LogP contribution in [0.4, 0.5) is 10.5 Å². The number of alkyl carbamates (subject to hydrolysis) is 1. The monoisotopic (exact) mass is 547 g/mol. The van der Waals surface area contributed by atoms with Gasteiger partial charge < -0.3 is 31.7 Å². The van der Waals surface area contributed by atoms with E-state index in [1.807, 2.05) is 36.4 Å². The van der Waals surface area contributed by atoms with Crippen molar-refractivity contribution in [1.82, 2.24) is 16.0 Å². The van der Waals surface area contributed by atoms with E-state index in [0.717, 1.165) is 5.56 Å². The number of benzene rings is 1. The number of nitrogens with two attached hydrogens (primary N) is 1. The molecule has 0 saturated heterocycles. The summed E-state index contributed by atoms with van der Waals surface area (Å²) < 4.78 is 5.28. The molecule has 1 aromatic carbocycles. The number of ether oxygens (including phenoxy) is 1. The highest BCUT2D eigenvalue weighted by Gasteiger charge is 2.26. The summed E-state index contributed by atoms with van der Waals surface area (Å²) in [6.45, 7) is 5.93. The molecular weight excluding hydrogens is 517 g/mol. The minimum absolute atomic E-state index is 0.0800. The lowest BCUT2D eigenvalue weighted by atomic mass is 10.0. The van der Waals surface area contributed by atoms with Crippen LogP contribution < -0.4 is 27.0 Å². The molecule has 0 heterocycles. The van der Waals surface area contributed by atoms with Crippen LogP contribution in [0.2, 0.25) is 0 Å². The first kappa shape index (κ1) is 26.6. The summed E-state index contributed by atoms with van der Waals surface area (Å²) in [5.74, 6) is -1.20. The fourth-order valence-corrected chi connectivity index (χ4v) is 2.64. The molecule has 0 aromatic heterocycles. The number of rotatable bonds is 11. The SMILES string of the molecule is CC(C)[C@H](NC(=O)CI)C(=O)N[C@@H](C)C(=O)Nc1ccc(COC(=O)NCCN)cc1. The second kappa shape index (κ2) is 13.8. The number of hydrogen-bond acceptors (Lipinski definition) is 6. The van der Waals surface area contributed by atoms with Crippen molar-refractivity contribution in [1.29, 1.82) is 0 Å². The smallest absolute Gasteiger partial charge is 0.407 e. The summed E-state index contributed by atoms with van der Waals surface area (Å²) in [4.78, 5) is 47.9. The molecule has 4 amide bonds. The van der Waals surface area contributed by atoms with Crippen LogP contribution >= 0.6 is 22.6 Å². The summed E-state index contributed by atoms with van der Waals surface area (Å²) in [6, 6.07) is 5.23. The fourth-order valence-electron chi connectivity index (χ4n) is 2.42. The topological polar surface area (TPSA) is 152 Å². The Balaban J connectivity index is 2.57. The van der Waals surface area contributed by atoms with Crippen LogP contribution in [0.15, 0.2) is 24.3 Å². The molecule has 0 saturated carbocycles. The van der Waals surface area contributed by atoms with Gasteiger partial charge in [-0.1, -0.05) is 48.6 Å². The van der Waals surface area contributed by atoms with Crippen molar-refractivity contribution in [2.75, 3.05) is 22.8 Å². The Hall–Kier alpha value is -2.41. The molecule has 2 atom stereocenters. The number of carbonyl (C=O) groups is 4. The average Bonchev–Trinajstić information content (AvgIpc) is 2.74. The van der Waals surface area contributed by atoms with Gasteiger partial charge in [0.1, 0.15) is 18.7 Å². The number of alkyl halides is 1. The van der Waals surface area contributed by atoms with Crippen molar-refractivity contribution in [3.8, 4) is 0 Å². The number of amides is 4. The van der Waals surface area contributed by atoms with Gasteiger partial charge in [0.25, 0.3) is 0 Å². The highest BCUT2D eigenvalue weighted by Crippen LogP contribution is 2.11. The van der Waals surface area contributed by atoms with Crippen molar-refractivity contribution < 1.29 is 23.9 Å². The predicted molar refractivity (Wildman–Crippen MR) is 126 cm³/mol. The molecule has 0 bridgehead atoms. The summed E-state index contributed by atoms with van der Waals surface area (Å²) >= 11 is 1.92. The Morgan fingerprint density at radius 3 is 2.23 bits per heavy atom. The molecule has 0 aliphatic rings. The second-order valence-corrected chi connectivity index (χ2v) is 7.89. The molecule has 0 aliphatic carbocycles. The Bertz CT molecular complexity index is 757. The predicted octanol–water partition coefficient (Wildman–Crippen LogP) is 0.891. The van der Waals surface area contributed by atoms with Crippen molar-refractivity contribution in [2.24, 2.45) is 11.7 Å². The Morgan fingerprint density at radius 1 is 1.03 bits per heavy atom. The first-order valence-electron chi connectivity index (χ1n) is 9.84. The summed E-state index contributed by atoms with van der Waals surface area (Å²) in [5.41, 5.74) is 6.57. The van der Waals surface area contributed by atoms with Crippen LogP contribution in [0, 0.1) is 5.92 Å². The lowest BCUT2D eigenvalue weighted by Gasteiger charge is -2.23. The highest BCUT2D eigenvalue weighted by molar-refractivity contribution is 14.1. The van der Waals surface area contributed by atoms with E-state index < -0.39 is 30.0 Å². The van der Waals surface area contributed by atoms with Crippen LogP contribution in [0.3, 0.4) is 0 Å². The van der Waals surface area contributed by atoms with E-state index >= 15 is 0 Å². The summed E-state index contributed by atoms with van der Waals surface area (Å²) in [7, 11) is 0. The van der Waals surface area contributed by atoms with Gasteiger partial charge in [0.05, 0.1) is 4.43 Å². The van der Waals surface area contributed by atoms with Crippen molar-refractivity contribution in [3.05, 3.63) is 29.8 Å². The second-order valence-electron chi connectivity index (χ2n) is 7.13. The maximum Gasteiger partial charge on any atom is 0.407 e. The lowest BCUT2D eigenvalue weighted by Crippen LogP contribution is -2.53. The highest BCUT2D eigenvalue weighted by atomic mass is 127. The van der Waals surface area contributed by atoms with E-state index in [2.05, 4.69) is 21.3 Å². The maximum atomic E-state index is 12.5. The Labute approximate surface area is 195 Å². The van der Waals surface area contributed by atoms with Crippen LogP contribution in [0.1, 0.15) is 26.3 Å². The first-order chi connectivity index (χ1) is 14.7. The molecule has 11 heteroatoms. The minimum atomic E-state index is -0.806. The van der Waals surface area contributed by atoms with Gasteiger partial charge in [-0.2, -0.15) is 0 Å². The zero-order valence-corrected chi connectivity index (χ0v) is 20.0. The molecular formula is C20H30IN5O5. The average molecular weight is 547 g/mol. The Kier molecular flexibility index (Phi) is 11.9. The van der Waals surface area contributed by atoms with E-state index in [1.165, 1.54) is 0 Å². The van der Waals surface area contributed by atoms with Crippen molar-refractivity contribution >= 4 is 52.1 Å². The van der Waals surface area contributed by atoms with Gasteiger partial charge in [-0.05, 0) is 30.5 Å². The third-order valence-corrected chi connectivity index (χ3v) is 4.84. The molecule has 10 nitrogen and oxygen atoms in total. The quantitative estimate of drug-likeness (QED) is 0.205. The van der Waals surface area contributed by atoms with Gasteiger partial charge >= 0.3 is 6.09 Å². The van der Waals surface area contributed by atoms with Crippen LogP contribution in [-0.4, -0.2) is 53.4 Å². The van der Waals surface area contributed by atoms with Crippen LogP contribution in [0.25, 0.3) is 0 Å². The third kappa shape index (κ3) is 9.96. The van der Waals surface area contributed by atoms with E-state index in [1.54, 1.807) is 31.2 Å². The largest absolute Gasteiger partial charge is 0.445 e. The molecule has 0 radical (unpaired) electrons. The maximum absolute atomic E-state index is 12.5. The van der Waals surface area contributed by atoms with Crippen LogP contribution in [-0.2, 0) is 25.7 Å². The zero-order chi connectivity index (χ0) is 23.4.